The Morgan fingerprint density at radius 2 is 2.25 bits per heavy atom. The summed E-state index contributed by atoms with van der Waals surface area (Å²) in [5.41, 5.74) is 0. The van der Waals surface area contributed by atoms with Crippen LogP contribution in [0.15, 0.2) is 0 Å². The van der Waals surface area contributed by atoms with E-state index in [2.05, 4.69) is 12.6 Å². The Hall–Kier alpha value is 1.05. The van der Waals surface area contributed by atoms with Crippen molar-refractivity contribution < 1.29 is 0 Å². The molecule has 0 N–H and O–H groups in total. The lowest BCUT2D eigenvalue weighted by molar-refractivity contribution is 1.13. The van der Waals surface area contributed by atoms with Crippen LogP contribution in [0.1, 0.15) is 6.42 Å². The summed E-state index contributed by atoms with van der Waals surface area (Å²) in [6.45, 7) is 0. The lowest BCUT2D eigenvalue weighted by atomic mass is 10.6. The Balaban J connectivity index is 2.17. The molecule has 1 aliphatic heterocycles. The maximum Gasteiger partial charge on any atom is 0.0562 e. The first kappa shape index (κ1) is 7.16. The van der Waals surface area contributed by atoms with Crippen molar-refractivity contribution in [3.05, 3.63) is 0 Å². The van der Waals surface area contributed by atoms with Crippen LogP contribution >= 0.6 is 36.2 Å². The van der Waals surface area contributed by atoms with Gasteiger partial charge in [0.1, 0.15) is 0 Å². The van der Waals surface area contributed by atoms with E-state index in [0.717, 1.165) is 0 Å². The standard InChI is InChI=1S/C5H10S3/c6-5-4-7-2-1-3-8-5/h5-6H,1-4H2. The molecule has 0 spiro atoms. The average Bonchev–Trinajstić information content (AvgIpc) is 1.94. The predicted octanol–water partition coefficient (Wildman–Crippen LogP) is 2.11. The Morgan fingerprint density at radius 3 is 3.12 bits per heavy atom. The van der Waals surface area contributed by atoms with Gasteiger partial charge in [-0.05, 0) is 17.9 Å². The van der Waals surface area contributed by atoms with Gasteiger partial charge in [-0.3, -0.25) is 0 Å². The van der Waals surface area contributed by atoms with Crippen LogP contribution in [-0.2, 0) is 0 Å². The molecule has 1 unspecified atom stereocenters. The third-order valence-electron chi connectivity index (χ3n) is 1.00. The molecule has 1 rings (SSSR count). The quantitative estimate of drug-likeness (QED) is 0.547. The summed E-state index contributed by atoms with van der Waals surface area (Å²) in [7, 11) is 0. The van der Waals surface area contributed by atoms with Gasteiger partial charge in [-0.15, -0.1) is 11.8 Å². The van der Waals surface area contributed by atoms with Gasteiger partial charge in [-0.2, -0.15) is 24.4 Å². The van der Waals surface area contributed by atoms with Gasteiger partial charge in [-0.25, -0.2) is 0 Å². The molecule has 48 valence electrons. The molecule has 1 fully saturated rings. The normalized spacial score (nSPS) is 31.9. The van der Waals surface area contributed by atoms with Gasteiger partial charge in [0.15, 0.2) is 0 Å². The van der Waals surface area contributed by atoms with E-state index in [9.17, 15) is 0 Å². The van der Waals surface area contributed by atoms with Crippen LogP contribution in [0.5, 0.6) is 0 Å². The fourth-order valence-corrected chi connectivity index (χ4v) is 3.40. The van der Waals surface area contributed by atoms with E-state index in [1.165, 1.54) is 23.7 Å². The summed E-state index contributed by atoms with van der Waals surface area (Å²) in [4.78, 5) is 0. The van der Waals surface area contributed by atoms with Crippen LogP contribution < -0.4 is 0 Å². The first-order chi connectivity index (χ1) is 3.89. The number of thiol groups is 1. The summed E-state index contributed by atoms with van der Waals surface area (Å²) in [5.74, 6) is 3.87. The van der Waals surface area contributed by atoms with Gasteiger partial charge in [0.2, 0.25) is 0 Å². The van der Waals surface area contributed by atoms with Crippen LogP contribution in [0.25, 0.3) is 0 Å². The summed E-state index contributed by atoms with van der Waals surface area (Å²) in [6, 6.07) is 0. The van der Waals surface area contributed by atoms with Crippen molar-refractivity contribution in [2.24, 2.45) is 0 Å². The Bertz CT molecular complexity index is 56.7. The van der Waals surface area contributed by atoms with Gasteiger partial charge < -0.3 is 0 Å². The molecule has 0 aromatic heterocycles. The fourth-order valence-electron chi connectivity index (χ4n) is 0.613. The second-order valence-corrected chi connectivity index (χ2v) is 5.19. The molecule has 0 saturated carbocycles. The fraction of sp³-hybridized carbons (Fsp3) is 1.00. The van der Waals surface area contributed by atoms with Gasteiger partial charge in [-0.1, -0.05) is 0 Å². The first-order valence-corrected chi connectivity index (χ1v) is 5.49. The maximum absolute atomic E-state index is 4.37. The minimum absolute atomic E-state index is 0.600. The molecule has 0 radical (unpaired) electrons. The van der Waals surface area contributed by atoms with E-state index in [0.29, 0.717) is 4.58 Å². The molecule has 0 amide bonds. The van der Waals surface area contributed by atoms with E-state index >= 15 is 0 Å². The zero-order valence-electron chi connectivity index (χ0n) is 4.67. The molecule has 8 heavy (non-hydrogen) atoms. The highest BCUT2D eigenvalue weighted by Gasteiger charge is 2.06. The molecular formula is C5H10S3. The smallest absolute Gasteiger partial charge is 0.0562 e. The second kappa shape index (κ2) is 3.96. The van der Waals surface area contributed by atoms with E-state index in [4.69, 9.17) is 0 Å². The van der Waals surface area contributed by atoms with Crippen LogP contribution in [0.2, 0.25) is 0 Å². The molecule has 1 aliphatic rings. The van der Waals surface area contributed by atoms with Crippen molar-refractivity contribution in [3.63, 3.8) is 0 Å². The Labute approximate surface area is 64.6 Å². The molecule has 0 aromatic carbocycles. The molecule has 0 aliphatic carbocycles. The molecule has 0 aromatic rings. The third kappa shape index (κ3) is 2.55. The van der Waals surface area contributed by atoms with E-state index < -0.39 is 0 Å². The Kier molecular flexibility index (Phi) is 3.55. The van der Waals surface area contributed by atoms with Gasteiger partial charge >= 0.3 is 0 Å². The van der Waals surface area contributed by atoms with Gasteiger partial charge in [0.05, 0.1) is 4.58 Å². The highest BCUT2D eigenvalue weighted by Crippen LogP contribution is 2.24. The van der Waals surface area contributed by atoms with Crippen molar-refractivity contribution in [2.45, 2.75) is 11.0 Å². The number of hydrogen-bond donors (Lipinski definition) is 1. The van der Waals surface area contributed by atoms with Crippen molar-refractivity contribution in [1.29, 1.82) is 0 Å². The monoisotopic (exact) mass is 166 g/mol. The molecule has 1 atom stereocenters. The summed E-state index contributed by atoms with van der Waals surface area (Å²) >= 11 is 8.38. The van der Waals surface area contributed by atoms with Crippen molar-refractivity contribution in [2.75, 3.05) is 17.3 Å². The van der Waals surface area contributed by atoms with Crippen molar-refractivity contribution >= 4 is 36.2 Å². The Morgan fingerprint density at radius 1 is 1.38 bits per heavy atom. The van der Waals surface area contributed by atoms with E-state index in [-0.39, 0.29) is 0 Å². The minimum Gasteiger partial charge on any atom is -0.164 e. The zero-order chi connectivity index (χ0) is 5.82. The highest BCUT2D eigenvalue weighted by atomic mass is 32.2. The molecule has 0 bridgehead atoms. The van der Waals surface area contributed by atoms with Crippen LogP contribution in [-0.4, -0.2) is 21.8 Å². The van der Waals surface area contributed by atoms with Crippen LogP contribution in [0.3, 0.4) is 0 Å². The molecular weight excluding hydrogens is 156 g/mol. The third-order valence-corrected chi connectivity index (χ3v) is 4.31. The van der Waals surface area contributed by atoms with E-state index in [1.807, 2.05) is 23.5 Å². The predicted molar refractivity (Wildman–Crippen MR) is 47.2 cm³/mol. The minimum atomic E-state index is 0.600. The number of hydrogen-bond acceptors (Lipinski definition) is 3. The molecule has 1 saturated heterocycles. The summed E-state index contributed by atoms with van der Waals surface area (Å²) < 4.78 is 0.600. The van der Waals surface area contributed by atoms with E-state index in [1.54, 1.807) is 0 Å². The molecule has 0 nitrogen and oxygen atoms in total. The summed E-state index contributed by atoms with van der Waals surface area (Å²) in [5, 5.41) is 0. The SMILES string of the molecule is SC1CSCCCS1. The molecule has 1 heterocycles. The highest BCUT2D eigenvalue weighted by molar-refractivity contribution is 8.12. The lowest BCUT2D eigenvalue weighted by Gasteiger charge is -2.01. The lowest BCUT2D eigenvalue weighted by Crippen LogP contribution is -1.92. The summed E-state index contributed by atoms with van der Waals surface area (Å²) in [6.07, 6.45) is 1.37. The average molecular weight is 166 g/mol. The van der Waals surface area contributed by atoms with Gasteiger partial charge in [0, 0.05) is 5.75 Å². The maximum atomic E-state index is 4.37. The molecule has 3 heteroatoms. The number of thioether (sulfide) groups is 2. The first-order valence-electron chi connectivity index (χ1n) is 2.77. The number of rotatable bonds is 0. The van der Waals surface area contributed by atoms with Gasteiger partial charge in [0.25, 0.3) is 0 Å². The largest absolute Gasteiger partial charge is 0.164 e. The van der Waals surface area contributed by atoms with Crippen molar-refractivity contribution in [1.82, 2.24) is 0 Å². The zero-order valence-corrected chi connectivity index (χ0v) is 7.20. The van der Waals surface area contributed by atoms with Crippen molar-refractivity contribution in [3.8, 4) is 0 Å². The van der Waals surface area contributed by atoms with Crippen LogP contribution in [0.4, 0.5) is 0 Å². The second-order valence-electron chi connectivity index (χ2n) is 1.75. The van der Waals surface area contributed by atoms with Crippen LogP contribution in [0, 0.1) is 0 Å². The topological polar surface area (TPSA) is 0 Å².